The molecule has 8 heteroatoms. The molecule has 0 radical (unpaired) electrons. The molecule has 0 heterocycles. The van der Waals surface area contributed by atoms with Gasteiger partial charge in [0.1, 0.15) is 0 Å². The second kappa shape index (κ2) is 8.73. The van der Waals surface area contributed by atoms with Gasteiger partial charge in [0.25, 0.3) is 10.0 Å². The Kier molecular flexibility index (Phi) is 6.86. The number of benzene rings is 2. The molecule has 0 aromatic heterocycles. The van der Waals surface area contributed by atoms with Crippen LogP contribution in [0, 0.1) is 12.8 Å². The summed E-state index contributed by atoms with van der Waals surface area (Å²) in [5.41, 5.74) is 7.91. The molecule has 6 nitrogen and oxygen atoms in total. The molecule has 0 spiro atoms. The van der Waals surface area contributed by atoms with Crippen molar-refractivity contribution in [3.05, 3.63) is 54.1 Å². The number of rotatable bonds is 5. The zero-order valence-corrected chi connectivity index (χ0v) is 16.6. The average Bonchev–Trinajstić information content (AvgIpc) is 3.03. The lowest BCUT2D eigenvalue weighted by Gasteiger charge is -2.12. The van der Waals surface area contributed by atoms with Crippen LogP contribution in [-0.2, 0) is 14.8 Å². The quantitative estimate of drug-likeness (QED) is 0.705. The van der Waals surface area contributed by atoms with E-state index in [9.17, 15) is 13.2 Å². The van der Waals surface area contributed by atoms with Gasteiger partial charge in [0.15, 0.2) is 0 Å². The number of sulfonamides is 1. The Balaban J connectivity index is 0.00000261. The predicted molar refractivity (Wildman–Crippen MR) is 110 cm³/mol. The second-order valence-electron chi connectivity index (χ2n) is 6.76. The topological polar surface area (TPSA) is 101 Å². The molecule has 0 aliphatic heterocycles. The number of amides is 1. The summed E-state index contributed by atoms with van der Waals surface area (Å²) in [6.07, 6.45) is 2.39. The molecule has 2 aromatic rings. The van der Waals surface area contributed by atoms with E-state index in [1.807, 2.05) is 6.92 Å². The van der Waals surface area contributed by atoms with Gasteiger partial charge in [-0.15, -0.1) is 12.4 Å². The van der Waals surface area contributed by atoms with E-state index in [1.54, 1.807) is 48.5 Å². The third kappa shape index (κ3) is 5.45. The Morgan fingerprint density at radius 1 is 1.00 bits per heavy atom. The number of carbonyl (C=O) groups excluding carboxylic acids is 1. The Hall–Kier alpha value is -2.09. The molecule has 0 bridgehead atoms. The van der Waals surface area contributed by atoms with Crippen LogP contribution in [0.25, 0.3) is 0 Å². The maximum atomic E-state index is 12.4. The molecule has 1 amide bonds. The summed E-state index contributed by atoms with van der Waals surface area (Å²) >= 11 is 0. The van der Waals surface area contributed by atoms with E-state index in [4.69, 9.17) is 5.73 Å². The fourth-order valence-electron chi connectivity index (χ4n) is 3.05. The number of carbonyl (C=O) groups is 1. The largest absolute Gasteiger partial charge is 0.328 e. The molecule has 4 N–H and O–H groups in total. The van der Waals surface area contributed by atoms with Gasteiger partial charge in [-0.2, -0.15) is 0 Å². The first-order valence-corrected chi connectivity index (χ1v) is 10.1. The van der Waals surface area contributed by atoms with Crippen molar-refractivity contribution in [2.45, 2.75) is 37.1 Å². The lowest BCUT2D eigenvalue weighted by atomic mass is 10.1. The van der Waals surface area contributed by atoms with Crippen molar-refractivity contribution in [2.75, 3.05) is 10.0 Å². The van der Waals surface area contributed by atoms with Gasteiger partial charge in [-0.1, -0.05) is 17.7 Å². The highest BCUT2D eigenvalue weighted by Crippen LogP contribution is 2.26. The molecule has 1 aliphatic carbocycles. The molecular weight excluding hydrogens is 386 g/mol. The highest BCUT2D eigenvalue weighted by molar-refractivity contribution is 7.92. The van der Waals surface area contributed by atoms with Crippen LogP contribution in [0.4, 0.5) is 11.4 Å². The molecule has 146 valence electrons. The van der Waals surface area contributed by atoms with Gasteiger partial charge in [-0.05, 0) is 62.6 Å². The van der Waals surface area contributed by atoms with E-state index in [0.29, 0.717) is 17.8 Å². The van der Waals surface area contributed by atoms with Gasteiger partial charge >= 0.3 is 0 Å². The van der Waals surface area contributed by atoms with E-state index in [1.165, 1.54) is 0 Å². The van der Waals surface area contributed by atoms with E-state index in [0.717, 1.165) is 18.4 Å². The van der Waals surface area contributed by atoms with Crippen LogP contribution in [0.2, 0.25) is 0 Å². The number of nitrogens with one attached hydrogen (secondary N) is 2. The van der Waals surface area contributed by atoms with Crippen LogP contribution in [0.5, 0.6) is 0 Å². The zero-order chi connectivity index (χ0) is 18.7. The van der Waals surface area contributed by atoms with Crippen molar-refractivity contribution in [3.63, 3.8) is 0 Å². The fraction of sp³-hybridized carbons (Fsp3) is 0.316. The van der Waals surface area contributed by atoms with E-state index in [2.05, 4.69) is 10.0 Å². The molecule has 2 atom stereocenters. The zero-order valence-electron chi connectivity index (χ0n) is 15.0. The van der Waals surface area contributed by atoms with Crippen LogP contribution in [0.15, 0.2) is 53.4 Å². The van der Waals surface area contributed by atoms with Gasteiger partial charge < -0.3 is 11.1 Å². The molecule has 3 rings (SSSR count). The number of nitrogens with two attached hydrogens (primary N) is 1. The predicted octanol–water partition coefficient (Wildman–Crippen LogP) is 3.28. The number of halogens is 1. The van der Waals surface area contributed by atoms with Crippen LogP contribution >= 0.6 is 12.4 Å². The first-order valence-electron chi connectivity index (χ1n) is 8.59. The minimum absolute atomic E-state index is 0. The Bertz CT molecular complexity index is 883. The molecule has 2 unspecified atom stereocenters. The molecule has 1 fully saturated rings. The number of hydrogen-bond acceptors (Lipinski definition) is 4. The second-order valence-corrected chi connectivity index (χ2v) is 8.44. The highest BCUT2D eigenvalue weighted by Gasteiger charge is 2.27. The molecule has 1 saturated carbocycles. The lowest BCUT2D eigenvalue weighted by molar-refractivity contribution is -0.119. The van der Waals surface area contributed by atoms with Crippen molar-refractivity contribution < 1.29 is 13.2 Å². The third-order valence-corrected chi connectivity index (χ3v) is 5.98. The Morgan fingerprint density at radius 2 is 1.59 bits per heavy atom. The monoisotopic (exact) mass is 409 g/mol. The minimum Gasteiger partial charge on any atom is -0.328 e. The summed E-state index contributed by atoms with van der Waals surface area (Å²) in [6.45, 7) is 1.90. The summed E-state index contributed by atoms with van der Waals surface area (Å²) in [7, 11) is -3.64. The summed E-state index contributed by atoms with van der Waals surface area (Å²) in [5.74, 6) is -0.0874. The Morgan fingerprint density at radius 3 is 2.15 bits per heavy atom. The first kappa shape index (κ1) is 21.2. The fourth-order valence-corrected chi connectivity index (χ4v) is 4.11. The lowest BCUT2D eigenvalue weighted by Crippen LogP contribution is -2.23. The van der Waals surface area contributed by atoms with E-state index in [-0.39, 0.29) is 35.2 Å². The maximum absolute atomic E-state index is 12.4. The van der Waals surface area contributed by atoms with Crippen LogP contribution in [0.3, 0.4) is 0 Å². The van der Waals surface area contributed by atoms with Crippen molar-refractivity contribution in [1.29, 1.82) is 0 Å². The normalized spacial score (nSPS) is 19.2. The average molecular weight is 410 g/mol. The summed E-state index contributed by atoms with van der Waals surface area (Å²) in [6, 6.07) is 13.4. The van der Waals surface area contributed by atoms with Crippen molar-refractivity contribution in [2.24, 2.45) is 11.7 Å². The maximum Gasteiger partial charge on any atom is 0.261 e. The van der Waals surface area contributed by atoms with Crippen molar-refractivity contribution in [1.82, 2.24) is 0 Å². The van der Waals surface area contributed by atoms with Gasteiger partial charge in [0, 0.05) is 23.3 Å². The molecule has 1 aliphatic rings. The molecule has 0 saturated heterocycles. The van der Waals surface area contributed by atoms with Gasteiger partial charge in [-0.3, -0.25) is 9.52 Å². The van der Waals surface area contributed by atoms with Crippen LogP contribution < -0.4 is 15.8 Å². The summed E-state index contributed by atoms with van der Waals surface area (Å²) in [5, 5.41) is 2.86. The number of hydrogen-bond donors (Lipinski definition) is 3. The first-order chi connectivity index (χ1) is 12.3. The highest BCUT2D eigenvalue weighted by atomic mass is 35.5. The van der Waals surface area contributed by atoms with Gasteiger partial charge in [0.05, 0.1) is 4.90 Å². The number of aryl methyl sites for hydroxylation is 1. The minimum atomic E-state index is -3.64. The van der Waals surface area contributed by atoms with Crippen LogP contribution in [-0.4, -0.2) is 20.4 Å². The van der Waals surface area contributed by atoms with Crippen molar-refractivity contribution >= 4 is 39.7 Å². The standard InChI is InChI=1S/C19H23N3O3S.ClH/c1-13-2-10-18(11-3-13)26(24,25)22-17-8-6-16(7-9-17)21-19(23)14-4-5-15(20)12-14;/h2-3,6-11,14-15,22H,4-5,12,20H2,1H3,(H,21,23);1H. The molecule has 27 heavy (non-hydrogen) atoms. The van der Waals surface area contributed by atoms with Crippen LogP contribution in [0.1, 0.15) is 24.8 Å². The molecule has 2 aromatic carbocycles. The van der Waals surface area contributed by atoms with Gasteiger partial charge in [0.2, 0.25) is 5.91 Å². The summed E-state index contributed by atoms with van der Waals surface area (Å²) in [4.78, 5) is 12.4. The van der Waals surface area contributed by atoms with Crippen molar-refractivity contribution in [3.8, 4) is 0 Å². The SMILES string of the molecule is Cc1ccc(S(=O)(=O)Nc2ccc(NC(=O)C3CCC(N)C3)cc2)cc1.Cl. The van der Waals surface area contributed by atoms with E-state index >= 15 is 0 Å². The Labute approximate surface area is 166 Å². The third-order valence-electron chi connectivity index (χ3n) is 4.58. The van der Waals surface area contributed by atoms with E-state index < -0.39 is 10.0 Å². The molecular formula is C19H24ClN3O3S. The van der Waals surface area contributed by atoms with Gasteiger partial charge in [-0.25, -0.2) is 8.42 Å². The number of anilines is 2. The summed E-state index contributed by atoms with van der Waals surface area (Å²) < 4.78 is 27.3. The smallest absolute Gasteiger partial charge is 0.261 e.